The van der Waals surface area contributed by atoms with Crippen molar-refractivity contribution in [3.05, 3.63) is 83.8 Å². The Balaban J connectivity index is 1.90. The molecule has 0 saturated carbocycles. The molecule has 0 aliphatic rings. The molecule has 1 amide bonds. The number of hydrogen-bond acceptors (Lipinski definition) is 4. The first-order chi connectivity index (χ1) is 15.3. The molecule has 9 heteroatoms. The van der Waals surface area contributed by atoms with Gasteiger partial charge in [-0.15, -0.1) is 0 Å². The molecule has 5 aromatic rings. The Morgan fingerprint density at radius 2 is 1.66 bits per heavy atom. The highest BCUT2D eigenvalue weighted by Crippen LogP contribution is 2.33. The predicted octanol–water partition coefficient (Wildman–Crippen LogP) is 4.46. The van der Waals surface area contributed by atoms with Gasteiger partial charge in [-0.3, -0.25) is 14.3 Å². The molecule has 0 saturated heterocycles. The van der Waals surface area contributed by atoms with Gasteiger partial charge >= 0.3 is 0 Å². The molecule has 0 fully saturated rings. The Hall–Kier alpha value is -4.27. The first-order valence-electron chi connectivity index (χ1n) is 9.53. The van der Waals surface area contributed by atoms with E-state index in [-0.39, 0.29) is 22.0 Å². The van der Waals surface area contributed by atoms with E-state index in [2.05, 4.69) is 15.0 Å². The number of aromatic nitrogens is 4. The minimum atomic E-state index is -0.729. The molecule has 3 heterocycles. The Morgan fingerprint density at radius 3 is 2.41 bits per heavy atom. The highest BCUT2D eigenvalue weighted by atomic mass is 19.1. The van der Waals surface area contributed by atoms with Crippen LogP contribution in [-0.4, -0.2) is 25.4 Å². The summed E-state index contributed by atoms with van der Waals surface area (Å²) in [6.07, 6.45) is 2.67. The van der Waals surface area contributed by atoms with Gasteiger partial charge in [0.25, 0.3) is 5.91 Å². The molecule has 0 bridgehead atoms. The third-order valence-corrected chi connectivity index (χ3v) is 5.26. The molecular weight excluding hydrogens is 419 g/mol. The number of nitrogens with zero attached hydrogens (tertiary/aromatic N) is 4. The number of carbonyl (C=O) groups excluding carboxylic acids is 1. The molecule has 0 atom stereocenters. The van der Waals surface area contributed by atoms with Crippen LogP contribution in [0.15, 0.2) is 54.9 Å². The van der Waals surface area contributed by atoms with Gasteiger partial charge in [0.15, 0.2) is 0 Å². The number of amides is 1. The molecule has 2 aromatic carbocycles. The number of aryl methyl sites for hydroxylation is 1. The zero-order valence-electron chi connectivity index (χ0n) is 16.6. The monoisotopic (exact) mass is 433 g/mol. The summed E-state index contributed by atoms with van der Waals surface area (Å²) in [6.45, 7) is 1.67. The number of nitrogens with two attached hydrogens (primary N) is 1. The average Bonchev–Trinajstić information content (AvgIpc) is 3.10. The maximum Gasteiger partial charge on any atom is 0.250 e. The quantitative estimate of drug-likeness (QED) is 0.426. The number of rotatable bonds is 3. The smallest absolute Gasteiger partial charge is 0.250 e. The third kappa shape index (κ3) is 2.97. The van der Waals surface area contributed by atoms with Gasteiger partial charge in [-0.25, -0.2) is 18.7 Å². The maximum absolute atomic E-state index is 14.8. The number of pyridine rings is 2. The number of imidazole rings is 1. The molecule has 0 unspecified atom stereocenters. The minimum absolute atomic E-state index is 0.0316. The Labute approximate surface area is 179 Å². The van der Waals surface area contributed by atoms with Crippen molar-refractivity contribution in [2.75, 3.05) is 0 Å². The average molecular weight is 433 g/mol. The first-order valence-corrected chi connectivity index (χ1v) is 9.53. The lowest BCUT2D eigenvalue weighted by atomic mass is 10.0. The van der Waals surface area contributed by atoms with E-state index in [9.17, 15) is 18.0 Å². The molecule has 0 spiro atoms. The van der Waals surface area contributed by atoms with Crippen molar-refractivity contribution in [3.63, 3.8) is 0 Å². The van der Waals surface area contributed by atoms with Crippen LogP contribution < -0.4 is 5.73 Å². The van der Waals surface area contributed by atoms with E-state index in [0.29, 0.717) is 28.2 Å². The van der Waals surface area contributed by atoms with Crippen molar-refractivity contribution in [3.8, 4) is 16.8 Å². The number of carbonyl (C=O) groups is 1. The molecule has 0 aliphatic heterocycles. The van der Waals surface area contributed by atoms with E-state index in [1.165, 1.54) is 30.6 Å². The number of primary amides is 1. The number of halogens is 3. The fraction of sp³-hybridized carbons (Fsp3) is 0.0435. The Bertz CT molecular complexity index is 1560. The molecular formula is C23H14F3N5O. The van der Waals surface area contributed by atoms with E-state index in [4.69, 9.17) is 5.73 Å². The Morgan fingerprint density at radius 1 is 0.906 bits per heavy atom. The normalized spacial score (nSPS) is 11.4. The largest absolute Gasteiger partial charge is 0.366 e. The topological polar surface area (TPSA) is 86.7 Å². The lowest BCUT2D eigenvalue weighted by Gasteiger charge is -2.12. The van der Waals surface area contributed by atoms with E-state index in [0.717, 1.165) is 12.1 Å². The summed E-state index contributed by atoms with van der Waals surface area (Å²) >= 11 is 0. The SMILES string of the molecule is Cc1nc2c(C(N)=O)cc(-c3ccnc(F)c3)cc2n1-c1ccnc2c(F)ccc(F)c12. The van der Waals surface area contributed by atoms with Crippen LogP contribution in [-0.2, 0) is 0 Å². The van der Waals surface area contributed by atoms with Crippen molar-refractivity contribution in [2.45, 2.75) is 6.92 Å². The summed E-state index contributed by atoms with van der Waals surface area (Å²) in [6, 6.07) is 9.56. The van der Waals surface area contributed by atoms with Crippen LogP contribution in [0.3, 0.4) is 0 Å². The van der Waals surface area contributed by atoms with E-state index >= 15 is 0 Å². The molecule has 2 N–H and O–H groups in total. The van der Waals surface area contributed by atoms with Crippen LogP contribution in [0.5, 0.6) is 0 Å². The second kappa shape index (κ2) is 7.16. The fourth-order valence-corrected chi connectivity index (χ4v) is 3.90. The molecule has 0 aliphatic carbocycles. The van der Waals surface area contributed by atoms with Crippen molar-refractivity contribution in [1.82, 2.24) is 19.5 Å². The summed E-state index contributed by atoms with van der Waals surface area (Å²) in [4.78, 5) is 24.2. The van der Waals surface area contributed by atoms with Crippen LogP contribution >= 0.6 is 0 Å². The molecule has 6 nitrogen and oxygen atoms in total. The van der Waals surface area contributed by atoms with Crippen molar-refractivity contribution in [1.29, 1.82) is 0 Å². The highest BCUT2D eigenvalue weighted by Gasteiger charge is 2.21. The van der Waals surface area contributed by atoms with Crippen molar-refractivity contribution >= 4 is 27.8 Å². The molecule has 5 rings (SSSR count). The molecule has 158 valence electrons. The lowest BCUT2D eigenvalue weighted by Crippen LogP contribution is -2.12. The predicted molar refractivity (Wildman–Crippen MR) is 113 cm³/mol. The van der Waals surface area contributed by atoms with E-state index in [1.807, 2.05) is 0 Å². The van der Waals surface area contributed by atoms with Crippen LogP contribution in [0.25, 0.3) is 38.8 Å². The summed E-state index contributed by atoms with van der Waals surface area (Å²) in [5, 5.41) is -0.0316. The summed E-state index contributed by atoms with van der Waals surface area (Å²) in [5.74, 6) is -2.33. The van der Waals surface area contributed by atoms with Crippen molar-refractivity contribution < 1.29 is 18.0 Å². The molecule has 32 heavy (non-hydrogen) atoms. The van der Waals surface area contributed by atoms with Gasteiger partial charge in [0, 0.05) is 18.5 Å². The zero-order chi connectivity index (χ0) is 22.6. The third-order valence-electron chi connectivity index (χ3n) is 5.26. The van der Waals surface area contributed by atoms with Crippen LogP contribution in [0.4, 0.5) is 13.2 Å². The number of benzene rings is 2. The van der Waals surface area contributed by atoms with Gasteiger partial charge in [-0.05, 0) is 54.4 Å². The zero-order valence-corrected chi connectivity index (χ0v) is 16.6. The van der Waals surface area contributed by atoms with Gasteiger partial charge in [0.2, 0.25) is 5.95 Å². The van der Waals surface area contributed by atoms with Gasteiger partial charge in [-0.1, -0.05) is 0 Å². The number of hydrogen-bond donors (Lipinski definition) is 1. The van der Waals surface area contributed by atoms with Gasteiger partial charge in [0.1, 0.15) is 28.5 Å². The second-order valence-electron chi connectivity index (χ2n) is 7.20. The lowest BCUT2D eigenvalue weighted by molar-refractivity contribution is 0.100. The fourth-order valence-electron chi connectivity index (χ4n) is 3.90. The van der Waals surface area contributed by atoms with Crippen LogP contribution in [0.1, 0.15) is 16.2 Å². The summed E-state index contributed by atoms with van der Waals surface area (Å²) in [5.41, 5.74) is 7.52. The Kier molecular flexibility index (Phi) is 4.40. The standard InChI is InChI=1S/C23H14F3N5O/c1-11-30-21-14(23(27)32)8-13(12-4-6-28-19(26)10-12)9-18(21)31(11)17-5-7-29-22-16(25)3-2-15(24)20(17)22/h2-10H,1H3,(H2,27,32). The second-order valence-corrected chi connectivity index (χ2v) is 7.20. The molecule has 3 aromatic heterocycles. The maximum atomic E-state index is 14.8. The van der Waals surface area contributed by atoms with E-state index in [1.54, 1.807) is 23.6 Å². The van der Waals surface area contributed by atoms with E-state index < -0.39 is 23.5 Å². The summed E-state index contributed by atoms with van der Waals surface area (Å²) < 4.78 is 44.4. The molecule has 0 radical (unpaired) electrons. The van der Waals surface area contributed by atoms with Gasteiger partial charge in [0.05, 0.1) is 22.2 Å². The van der Waals surface area contributed by atoms with Gasteiger partial charge in [-0.2, -0.15) is 4.39 Å². The summed E-state index contributed by atoms with van der Waals surface area (Å²) in [7, 11) is 0. The highest BCUT2D eigenvalue weighted by molar-refractivity contribution is 6.07. The van der Waals surface area contributed by atoms with Crippen molar-refractivity contribution in [2.24, 2.45) is 5.73 Å². The van der Waals surface area contributed by atoms with Gasteiger partial charge < -0.3 is 5.73 Å². The number of fused-ring (bicyclic) bond motifs is 2. The van der Waals surface area contributed by atoms with Crippen LogP contribution in [0.2, 0.25) is 0 Å². The first kappa shape index (κ1) is 19.7. The van der Waals surface area contributed by atoms with Crippen LogP contribution in [0, 0.1) is 24.5 Å². The minimum Gasteiger partial charge on any atom is -0.366 e.